The fourth-order valence-electron chi connectivity index (χ4n) is 4.38. The highest BCUT2D eigenvalue weighted by Crippen LogP contribution is 2.27. The Labute approximate surface area is 196 Å². The number of unbranched alkanes of at least 4 members (excludes halogenated alkanes) is 2. The van der Waals surface area contributed by atoms with Gasteiger partial charge in [0.15, 0.2) is 11.2 Å². The van der Waals surface area contributed by atoms with Crippen LogP contribution >= 0.6 is 0 Å². The van der Waals surface area contributed by atoms with E-state index in [2.05, 4.69) is 52.4 Å². The molecular formula is C25H38N4O2S. The molecule has 2 atom stereocenters. The van der Waals surface area contributed by atoms with Gasteiger partial charge in [-0.2, -0.15) is 0 Å². The highest BCUT2D eigenvalue weighted by molar-refractivity contribution is 7.80. The van der Waals surface area contributed by atoms with E-state index in [1.165, 1.54) is 16.8 Å². The molecule has 0 N–H and O–H groups in total. The molecule has 2 unspecified atom stereocenters. The number of ether oxygens (including phenoxy) is 1. The molecule has 0 aromatic heterocycles. The molecule has 1 aliphatic carbocycles. The molecule has 1 aliphatic heterocycles. The maximum atomic E-state index is 12.8. The molecule has 1 aromatic rings. The Morgan fingerprint density at radius 2 is 2.09 bits per heavy atom. The van der Waals surface area contributed by atoms with Gasteiger partial charge in [-0.15, -0.1) is 0 Å². The quantitative estimate of drug-likeness (QED) is 0.360. The molecule has 0 spiro atoms. The van der Waals surface area contributed by atoms with Crippen molar-refractivity contribution in [2.24, 2.45) is 9.98 Å². The summed E-state index contributed by atoms with van der Waals surface area (Å²) in [5.74, 6) is 0.961. The van der Waals surface area contributed by atoms with Crippen LogP contribution < -0.4 is 4.74 Å². The number of benzene rings is 1. The molecule has 6 nitrogen and oxygen atoms in total. The molecule has 0 radical (unpaired) electrons. The predicted molar refractivity (Wildman–Crippen MR) is 135 cm³/mol. The minimum absolute atomic E-state index is 0.120. The van der Waals surface area contributed by atoms with Gasteiger partial charge in [-0.1, -0.05) is 0 Å². The van der Waals surface area contributed by atoms with Crippen molar-refractivity contribution >= 4 is 23.1 Å². The van der Waals surface area contributed by atoms with E-state index >= 15 is 0 Å². The summed E-state index contributed by atoms with van der Waals surface area (Å²) >= 11 is -1.06. The summed E-state index contributed by atoms with van der Waals surface area (Å²) < 4.78 is 22.9. The van der Waals surface area contributed by atoms with Crippen molar-refractivity contribution in [3.63, 3.8) is 0 Å². The van der Waals surface area contributed by atoms with E-state index in [-0.39, 0.29) is 6.04 Å². The lowest BCUT2D eigenvalue weighted by Crippen LogP contribution is -2.33. The maximum absolute atomic E-state index is 12.8. The molecule has 2 aliphatic rings. The van der Waals surface area contributed by atoms with Crippen LogP contribution in [-0.2, 0) is 17.6 Å². The Morgan fingerprint density at radius 1 is 1.25 bits per heavy atom. The van der Waals surface area contributed by atoms with Gasteiger partial charge < -0.3 is 4.74 Å². The van der Waals surface area contributed by atoms with Gasteiger partial charge in [-0.25, -0.2) is 12.8 Å². The third-order valence-electron chi connectivity index (χ3n) is 5.95. The van der Waals surface area contributed by atoms with Crippen molar-refractivity contribution in [1.29, 1.82) is 0 Å². The second-order valence-electron chi connectivity index (χ2n) is 8.39. The fraction of sp³-hybridized carbons (Fsp3) is 0.600. The first-order valence-corrected chi connectivity index (χ1v) is 13.0. The van der Waals surface area contributed by atoms with Gasteiger partial charge in [-0.05, 0) is 95.2 Å². The van der Waals surface area contributed by atoms with Crippen LogP contribution in [0.1, 0.15) is 64.5 Å². The van der Waals surface area contributed by atoms with Gasteiger partial charge in [0.2, 0.25) is 0 Å². The SMILES string of the molecule is CC=N/C(C)=C\C(C)N1CCN(CCCCCOc2ccc3c(c2)CCC3=NCC)S1=O. The van der Waals surface area contributed by atoms with Gasteiger partial charge in [0.05, 0.1) is 6.61 Å². The molecule has 0 saturated carbocycles. The molecule has 0 amide bonds. The lowest BCUT2D eigenvalue weighted by atomic mass is 10.1. The molecule has 0 bridgehead atoms. The minimum Gasteiger partial charge on any atom is -0.494 e. The Bertz CT molecular complexity index is 881. The number of aryl methyl sites for hydroxylation is 1. The summed E-state index contributed by atoms with van der Waals surface area (Å²) in [6, 6.07) is 6.53. The number of rotatable bonds is 11. The van der Waals surface area contributed by atoms with Crippen molar-refractivity contribution < 1.29 is 8.95 Å². The van der Waals surface area contributed by atoms with Gasteiger partial charge in [-0.3, -0.25) is 9.98 Å². The van der Waals surface area contributed by atoms with Crippen molar-refractivity contribution in [2.45, 2.75) is 65.8 Å². The number of allylic oxidation sites excluding steroid dienone is 1. The average molecular weight is 459 g/mol. The van der Waals surface area contributed by atoms with E-state index < -0.39 is 11.2 Å². The largest absolute Gasteiger partial charge is 0.494 e. The highest BCUT2D eigenvalue weighted by atomic mass is 32.2. The van der Waals surface area contributed by atoms with E-state index in [1.807, 2.05) is 18.2 Å². The Morgan fingerprint density at radius 3 is 2.88 bits per heavy atom. The van der Waals surface area contributed by atoms with E-state index in [0.717, 1.165) is 76.3 Å². The summed E-state index contributed by atoms with van der Waals surface area (Å²) in [6.07, 6.45) is 9.10. The van der Waals surface area contributed by atoms with E-state index in [4.69, 9.17) is 4.74 Å². The van der Waals surface area contributed by atoms with Crippen LogP contribution in [0.25, 0.3) is 0 Å². The Hall–Kier alpha value is -1.83. The fourth-order valence-corrected chi connectivity index (χ4v) is 5.78. The van der Waals surface area contributed by atoms with Crippen LogP contribution in [0.15, 0.2) is 40.0 Å². The maximum Gasteiger partial charge on any atom is 0.173 e. The lowest BCUT2D eigenvalue weighted by Gasteiger charge is -2.21. The number of hydrogen-bond donors (Lipinski definition) is 0. The number of aliphatic imine (C=N–C) groups is 2. The molecule has 7 heteroatoms. The summed E-state index contributed by atoms with van der Waals surface area (Å²) in [4.78, 5) is 8.89. The Kier molecular flexibility index (Phi) is 9.63. The Balaban J connectivity index is 1.35. The summed E-state index contributed by atoms with van der Waals surface area (Å²) in [5.41, 5.74) is 4.86. The zero-order chi connectivity index (χ0) is 22.9. The molecule has 32 heavy (non-hydrogen) atoms. The number of fused-ring (bicyclic) bond motifs is 1. The third kappa shape index (κ3) is 6.59. The second kappa shape index (κ2) is 12.4. The monoisotopic (exact) mass is 458 g/mol. The average Bonchev–Trinajstić information content (AvgIpc) is 3.34. The predicted octanol–water partition coefficient (Wildman–Crippen LogP) is 4.57. The molecule has 1 aromatic carbocycles. The van der Waals surface area contributed by atoms with Crippen LogP contribution in [0.2, 0.25) is 0 Å². The van der Waals surface area contributed by atoms with Crippen LogP contribution in [0.4, 0.5) is 0 Å². The third-order valence-corrected chi connectivity index (χ3v) is 7.67. The summed E-state index contributed by atoms with van der Waals surface area (Å²) in [7, 11) is 0. The van der Waals surface area contributed by atoms with Crippen molar-refractivity contribution in [3.05, 3.63) is 41.1 Å². The molecular weight excluding hydrogens is 420 g/mol. The van der Waals surface area contributed by atoms with Crippen LogP contribution in [0.3, 0.4) is 0 Å². The van der Waals surface area contributed by atoms with Crippen LogP contribution in [0, 0.1) is 0 Å². The summed E-state index contributed by atoms with van der Waals surface area (Å²) in [5, 5.41) is 0. The zero-order valence-corrected chi connectivity index (χ0v) is 20.9. The first-order chi connectivity index (χ1) is 15.5. The first-order valence-electron chi connectivity index (χ1n) is 11.9. The molecule has 176 valence electrons. The normalized spacial score (nSPS) is 22.2. The topological polar surface area (TPSA) is 57.5 Å². The van der Waals surface area contributed by atoms with E-state index in [9.17, 15) is 4.21 Å². The first kappa shape index (κ1) is 24.8. The van der Waals surface area contributed by atoms with Crippen LogP contribution in [0.5, 0.6) is 5.75 Å². The van der Waals surface area contributed by atoms with Crippen molar-refractivity contribution in [1.82, 2.24) is 8.61 Å². The molecule has 3 rings (SSSR count). The molecule has 1 fully saturated rings. The van der Waals surface area contributed by atoms with E-state index in [0.29, 0.717) is 0 Å². The van der Waals surface area contributed by atoms with Crippen molar-refractivity contribution in [2.75, 3.05) is 32.8 Å². The van der Waals surface area contributed by atoms with Gasteiger partial charge in [0.1, 0.15) is 5.75 Å². The zero-order valence-electron chi connectivity index (χ0n) is 20.0. The van der Waals surface area contributed by atoms with Crippen molar-refractivity contribution in [3.8, 4) is 5.75 Å². The standard InChI is InChI=1S/C25H38N4O2S/c1-5-26-20(3)18-21(4)29-16-15-28(32(29)30)14-8-7-9-17-31-23-11-12-24-22(19-23)10-13-25(24)27-6-2/h5,11-12,18-19,21H,6-10,13-17H2,1-4H3/b20-18-,26-5?,27-25?. The summed E-state index contributed by atoms with van der Waals surface area (Å²) in [6.45, 7) is 12.2. The highest BCUT2D eigenvalue weighted by Gasteiger charge is 2.30. The van der Waals surface area contributed by atoms with Gasteiger partial charge in [0.25, 0.3) is 0 Å². The second-order valence-corrected chi connectivity index (χ2v) is 9.83. The van der Waals surface area contributed by atoms with Gasteiger partial charge >= 0.3 is 0 Å². The molecule has 1 heterocycles. The molecule has 1 saturated heterocycles. The number of hydrogen-bond acceptors (Lipinski definition) is 4. The number of nitrogens with zero attached hydrogens (tertiary/aromatic N) is 4. The lowest BCUT2D eigenvalue weighted by molar-refractivity contribution is 0.302. The minimum atomic E-state index is -1.06. The smallest absolute Gasteiger partial charge is 0.173 e. The van der Waals surface area contributed by atoms with Gasteiger partial charge in [0, 0.05) is 49.8 Å². The van der Waals surface area contributed by atoms with Crippen LogP contribution in [-0.4, -0.2) is 63.6 Å². The van der Waals surface area contributed by atoms with E-state index in [1.54, 1.807) is 6.21 Å².